The second-order valence-electron chi connectivity index (χ2n) is 7.28. The van der Waals surface area contributed by atoms with Gasteiger partial charge in [-0.05, 0) is 43.2 Å². The number of Topliss-reactive ketones (excluding diaryl/α,β-unsaturated/α-hetero) is 1. The van der Waals surface area contributed by atoms with E-state index in [0.717, 1.165) is 12.1 Å². The topological polar surface area (TPSA) is 104 Å². The standard InChI is InChI=1S/C23H20ClN3O4S/c1-30-18-8-7-13(24)10-16(18)26-20(29)12-32-23-14(11-25)21(19-6-3-9-31-19)22-15(27-23)4-2-5-17(22)28/h3,6-10,21,27H,2,4-5,12H2,1H3,(H,26,29)/t21-/m0/s1. The number of ether oxygens (including phenoxy) is 1. The number of rotatable bonds is 6. The molecular formula is C23H20ClN3O4S. The van der Waals surface area contributed by atoms with Crippen LogP contribution in [0.5, 0.6) is 5.75 Å². The van der Waals surface area contributed by atoms with Gasteiger partial charge in [0.25, 0.3) is 0 Å². The smallest absolute Gasteiger partial charge is 0.234 e. The molecule has 2 aromatic rings. The molecule has 164 valence electrons. The summed E-state index contributed by atoms with van der Waals surface area (Å²) >= 11 is 7.23. The van der Waals surface area contributed by atoms with Gasteiger partial charge in [0.15, 0.2) is 5.78 Å². The Hall–Kier alpha value is -3.15. The average molecular weight is 470 g/mol. The Morgan fingerprint density at radius 1 is 1.41 bits per heavy atom. The van der Waals surface area contributed by atoms with Crippen LogP contribution in [0.2, 0.25) is 5.02 Å². The Morgan fingerprint density at radius 3 is 2.97 bits per heavy atom. The van der Waals surface area contributed by atoms with E-state index in [2.05, 4.69) is 16.7 Å². The molecule has 9 heteroatoms. The second kappa shape index (κ2) is 9.55. The fraction of sp³-hybridized carbons (Fsp3) is 0.261. The van der Waals surface area contributed by atoms with Gasteiger partial charge in [-0.3, -0.25) is 9.59 Å². The van der Waals surface area contributed by atoms with Crippen LogP contribution in [0.4, 0.5) is 5.69 Å². The summed E-state index contributed by atoms with van der Waals surface area (Å²) in [5, 5.41) is 17.0. The maximum absolute atomic E-state index is 12.7. The zero-order valence-electron chi connectivity index (χ0n) is 17.2. The number of halogens is 1. The lowest BCUT2D eigenvalue weighted by Crippen LogP contribution is -2.31. The molecule has 0 unspecified atom stereocenters. The Kier molecular flexibility index (Phi) is 6.58. The number of anilines is 1. The number of hydrogen-bond acceptors (Lipinski definition) is 7. The third-order valence-corrected chi connectivity index (χ3v) is 6.53. The number of ketones is 1. The summed E-state index contributed by atoms with van der Waals surface area (Å²) < 4.78 is 10.8. The van der Waals surface area contributed by atoms with E-state index in [4.69, 9.17) is 20.8 Å². The van der Waals surface area contributed by atoms with Crippen molar-refractivity contribution in [1.29, 1.82) is 5.26 Å². The molecule has 0 radical (unpaired) electrons. The summed E-state index contributed by atoms with van der Waals surface area (Å²) in [6, 6.07) is 10.7. The lowest BCUT2D eigenvalue weighted by atomic mass is 9.79. The van der Waals surface area contributed by atoms with Crippen LogP contribution >= 0.6 is 23.4 Å². The number of carbonyl (C=O) groups excluding carboxylic acids is 2. The minimum atomic E-state index is -0.572. The zero-order valence-corrected chi connectivity index (χ0v) is 18.8. The van der Waals surface area contributed by atoms with E-state index in [-0.39, 0.29) is 17.4 Å². The first-order valence-electron chi connectivity index (χ1n) is 9.99. The molecule has 1 atom stereocenters. The van der Waals surface area contributed by atoms with Crippen LogP contribution in [0.25, 0.3) is 0 Å². The van der Waals surface area contributed by atoms with Crippen molar-refractivity contribution in [2.24, 2.45) is 0 Å². The van der Waals surface area contributed by atoms with E-state index in [9.17, 15) is 14.9 Å². The van der Waals surface area contributed by atoms with Crippen LogP contribution in [0.15, 0.2) is 62.9 Å². The summed E-state index contributed by atoms with van der Waals surface area (Å²) in [5.74, 6) is 0.243. The van der Waals surface area contributed by atoms with Crippen molar-refractivity contribution >= 4 is 40.7 Å². The SMILES string of the molecule is COc1ccc(Cl)cc1NC(=O)CSC1=C(C#N)[C@@H](c2ccco2)C2=C(CCCC2=O)N1. The molecule has 0 spiro atoms. The molecule has 4 rings (SSSR count). The van der Waals surface area contributed by atoms with Crippen molar-refractivity contribution in [3.63, 3.8) is 0 Å². The van der Waals surface area contributed by atoms with Crippen molar-refractivity contribution in [3.8, 4) is 11.8 Å². The van der Waals surface area contributed by atoms with Crippen molar-refractivity contribution in [1.82, 2.24) is 5.32 Å². The number of amides is 1. The highest BCUT2D eigenvalue weighted by molar-refractivity contribution is 8.03. The number of methoxy groups -OCH3 is 1. The molecule has 2 aliphatic rings. The predicted octanol–water partition coefficient (Wildman–Crippen LogP) is 4.74. The van der Waals surface area contributed by atoms with Crippen molar-refractivity contribution in [3.05, 3.63) is 69.3 Å². The van der Waals surface area contributed by atoms with E-state index in [1.165, 1.54) is 25.1 Å². The molecule has 0 saturated carbocycles. The number of nitrogens with zero attached hydrogens (tertiary/aromatic N) is 1. The Labute approximate surface area is 194 Å². The van der Waals surface area contributed by atoms with Crippen molar-refractivity contribution in [2.45, 2.75) is 25.2 Å². The molecule has 1 amide bonds. The number of nitriles is 1. The molecule has 2 N–H and O–H groups in total. The quantitative estimate of drug-likeness (QED) is 0.629. The summed E-state index contributed by atoms with van der Waals surface area (Å²) in [5.41, 5.74) is 2.21. The number of benzene rings is 1. The van der Waals surface area contributed by atoms with Gasteiger partial charge in [0, 0.05) is 22.7 Å². The van der Waals surface area contributed by atoms with Gasteiger partial charge in [0.1, 0.15) is 11.5 Å². The third kappa shape index (κ3) is 4.40. The molecule has 7 nitrogen and oxygen atoms in total. The summed E-state index contributed by atoms with van der Waals surface area (Å²) in [4.78, 5) is 25.3. The number of furan rings is 1. The van der Waals surface area contributed by atoms with Crippen LogP contribution in [-0.4, -0.2) is 24.6 Å². The number of hydrogen-bond donors (Lipinski definition) is 2. The molecular weight excluding hydrogens is 450 g/mol. The lowest BCUT2D eigenvalue weighted by Gasteiger charge is -2.32. The fourth-order valence-electron chi connectivity index (χ4n) is 3.88. The van der Waals surface area contributed by atoms with Gasteiger partial charge in [-0.15, -0.1) is 0 Å². The molecule has 1 aliphatic heterocycles. The average Bonchev–Trinajstić information content (AvgIpc) is 3.31. The van der Waals surface area contributed by atoms with Crippen molar-refractivity contribution in [2.75, 3.05) is 18.2 Å². The second-order valence-corrected chi connectivity index (χ2v) is 8.70. The number of allylic oxidation sites excluding steroid dienone is 3. The van der Waals surface area contributed by atoms with Crippen LogP contribution in [-0.2, 0) is 9.59 Å². The maximum Gasteiger partial charge on any atom is 0.234 e. The summed E-state index contributed by atoms with van der Waals surface area (Å²) in [7, 11) is 1.51. The van der Waals surface area contributed by atoms with Gasteiger partial charge >= 0.3 is 0 Å². The highest BCUT2D eigenvalue weighted by atomic mass is 35.5. The number of carbonyl (C=O) groups is 2. The minimum absolute atomic E-state index is 0.0164. The third-order valence-electron chi connectivity index (χ3n) is 5.27. The van der Waals surface area contributed by atoms with E-state index in [1.54, 1.807) is 30.3 Å². The zero-order chi connectivity index (χ0) is 22.7. The minimum Gasteiger partial charge on any atom is -0.495 e. The number of thioether (sulfide) groups is 1. The van der Waals surface area contributed by atoms with Gasteiger partial charge in [0.05, 0.1) is 47.4 Å². The molecule has 0 fully saturated rings. The molecule has 1 aromatic carbocycles. The molecule has 2 heterocycles. The van der Waals surface area contributed by atoms with Gasteiger partial charge in [-0.2, -0.15) is 5.26 Å². The summed E-state index contributed by atoms with van der Waals surface area (Å²) in [6.07, 6.45) is 3.42. The predicted molar refractivity (Wildman–Crippen MR) is 122 cm³/mol. The fourth-order valence-corrected chi connectivity index (χ4v) is 4.91. The monoisotopic (exact) mass is 469 g/mol. The maximum atomic E-state index is 12.7. The summed E-state index contributed by atoms with van der Waals surface area (Å²) in [6.45, 7) is 0. The van der Waals surface area contributed by atoms with Gasteiger partial charge < -0.3 is 19.8 Å². The Morgan fingerprint density at radius 2 is 2.25 bits per heavy atom. The van der Waals surface area contributed by atoms with Crippen LogP contribution in [0.1, 0.15) is 30.9 Å². The molecule has 1 aromatic heterocycles. The molecule has 32 heavy (non-hydrogen) atoms. The molecule has 1 aliphatic carbocycles. The normalized spacial score (nSPS) is 18.0. The highest BCUT2D eigenvalue weighted by Crippen LogP contribution is 2.44. The Balaban J connectivity index is 1.57. The van der Waals surface area contributed by atoms with E-state index >= 15 is 0 Å². The van der Waals surface area contributed by atoms with E-state index < -0.39 is 5.92 Å². The van der Waals surface area contributed by atoms with Crippen LogP contribution < -0.4 is 15.4 Å². The van der Waals surface area contributed by atoms with E-state index in [0.29, 0.717) is 51.2 Å². The number of dihydropyridines is 1. The first-order chi connectivity index (χ1) is 15.5. The molecule has 0 bridgehead atoms. The van der Waals surface area contributed by atoms with Gasteiger partial charge in [0.2, 0.25) is 5.91 Å². The van der Waals surface area contributed by atoms with Crippen LogP contribution in [0.3, 0.4) is 0 Å². The largest absolute Gasteiger partial charge is 0.495 e. The first kappa shape index (κ1) is 22.1. The first-order valence-corrected chi connectivity index (χ1v) is 11.3. The molecule has 0 saturated heterocycles. The van der Waals surface area contributed by atoms with E-state index in [1.807, 2.05) is 0 Å². The Bertz CT molecular complexity index is 1160. The van der Waals surface area contributed by atoms with Crippen LogP contribution in [0, 0.1) is 11.3 Å². The van der Waals surface area contributed by atoms with Gasteiger partial charge in [-0.1, -0.05) is 23.4 Å². The lowest BCUT2D eigenvalue weighted by molar-refractivity contribution is -0.116. The highest BCUT2D eigenvalue weighted by Gasteiger charge is 2.38. The number of nitrogens with one attached hydrogen (secondary N) is 2. The van der Waals surface area contributed by atoms with Gasteiger partial charge in [-0.25, -0.2) is 0 Å². The van der Waals surface area contributed by atoms with Crippen molar-refractivity contribution < 1.29 is 18.7 Å².